The Morgan fingerprint density at radius 2 is 2.40 bits per heavy atom. The Hall–Kier alpha value is 0.130. The Bertz CT molecular complexity index is 231. The van der Waals surface area contributed by atoms with Crippen LogP contribution in [0.2, 0.25) is 0 Å². The number of nitrogens with one attached hydrogen (secondary N) is 1. The van der Waals surface area contributed by atoms with Crippen LogP contribution in [0.1, 0.15) is 13.3 Å². The molecule has 0 radical (unpaired) electrons. The second kappa shape index (κ2) is 5.46. The molecule has 0 aromatic heterocycles. The third-order valence-electron chi connectivity index (χ3n) is 2.86. The molecule has 2 rings (SSSR count). The fraction of sp³-hybridized carbons (Fsp3) is 0.900. The summed E-state index contributed by atoms with van der Waals surface area (Å²) in [7, 11) is 0. The molecule has 0 aromatic carbocycles. The molecule has 2 aliphatic heterocycles. The summed E-state index contributed by atoms with van der Waals surface area (Å²) in [5.41, 5.74) is 0. The van der Waals surface area contributed by atoms with Crippen LogP contribution in [0.15, 0.2) is 0 Å². The number of carbonyl (C=O) groups is 1. The molecule has 5 heteroatoms. The minimum Gasteiger partial charge on any atom is -0.327 e. The summed E-state index contributed by atoms with van der Waals surface area (Å²) >= 11 is 4.03. The standard InChI is InChI=1S/C10H18N2OS2/c1-2-9-10(13)12(7-11-9)5-8-6-14-3-4-15-8/h8-9,11H,2-7H2,1H3. The van der Waals surface area contributed by atoms with Crippen LogP contribution < -0.4 is 5.32 Å². The van der Waals surface area contributed by atoms with Crippen LogP contribution in [0.4, 0.5) is 0 Å². The molecule has 2 fully saturated rings. The van der Waals surface area contributed by atoms with E-state index in [-0.39, 0.29) is 6.04 Å². The minimum absolute atomic E-state index is 0.0752. The van der Waals surface area contributed by atoms with Gasteiger partial charge in [-0.3, -0.25) is 10.1 Å². The van der Waals surface area contributed by atoms with Gasteiger partial charge in [-0.2, -0.15) is 23.5 Å². The number of thioether (sulfide) groups is 2. The van der Waals surface area contributed by atoms with Gasteiger partial charge in [-0.25, -0.2) is 0 Å². The van der Waals surface area contributed by atoms with Crippen LogP contribution in [0.25, 0.3) is 0 Å². The largest absolute Gasteiger partial charge is 0.327 e. The Labute approximate surface area is 99.7 Å². The summed E-state index contributed by atoms with van der Waals surface area (Å²) in [6.45, 7) is 3.74. The average Bonchev–Trinajstić information content (AvgIpc) is 2.62. The Balaban J connectivity index is 1.82. The van der Waals surface area contributed by atoms with Gasteiger partial charge < -0.3 is 4.90 Å². The summed E-state index contributed by atoms with van der Waals surface area (Å²) in [4.78, 5) is 13.8. The van der Waals surface area contributed by atoms with E-state index in [4.69, 9.17) is 0 Å². The maximum Gasteiger partial charge on any atom is 0.240 e. The Kier molecular flexibility index (Phi) is 4.22. The van der Waals surface area contributed by atoms with Crippen LogP contribution in [0.3, 0.4) is 0 Å². The van der Waals surface area contributed by atoms with E-state index >= 15 is 0 Å². The van der Waals surface area contributed by atoms with Gasteiger partial charge in [0.25, 0.3) is 0 Å². The fourth-order valence-electron chi connectivity index (χ4n) is 1.97. The van der Waals surface area contributed by atoms with Gasteiger partial charge in [0.1, 0.15) is 0 Å². The highest BCUT2D eigenvalue weighted by atomic mass is 32.2. The van der Waals surface area contributed by atoms with Crippen molar-refractivity contribution in [1.29, 1.82) is 0 Å². The predicted octanol–water partition coefficient (Wildman–Crippen LogP) is 1.00. The van der Waals surface area contributed by atoms with E-state index in [2.05, 4.69) is 12.2 Å². The molecule has 3 nitrogen and oxygen atoms in total. The molecule has 1 amide bonds. The van der Waals surface area contributed by atoms with Crippen molar-refractivity contribution in [2.24, 2.45) is 0 Å². The molecule has 1 N–H and O–H groups in total. The zero-order valence-corrected chi connectivity index (χ0v) is 10.7. The quantitative estimate of drug-likeness (QED) is 0.805. The van der Waals surface area contributed by atoms with E-state index in [1.807, 2.05) is 28.4 Å². The van der Waals surface area contributed by atoms with Gasteiger partial charge in [0.15, 0.2) is 0 Å². The summed E-state index contributed by atoms with van der Waals surface area (Å²) in [5.74, 6) is 4.01. The zero-order valence-electron chi connectivity index (χ0n) is 9.07. The lowest BCUT2D eigenvalue weighted by Gasteiger charge is -2.25. The van der Waals surface area contributed by atoms with Gasteiger partial charge in [0.2, 0.25) is 5.91 Å². The molecule has 0 spiro atoms. The smallest absolute Gasteiger partial charge is 0.240 e. The van der Waals surface area contributed by atoms with Gasteiger partial charge in [0.05, 0.1) is 12.7 Å². The van der Waals surface area contributed by atoms with Crippen molar-refractivity contribution in [3.8, 4) is 0 Å². The van der Waals surface area contributed by atoms with E-state index in [9.17, 15) is 4.79 Å². The van der Waals surface area contributed by atoms with E-state index in [1.165, 1.54) is 17.3 Å². The van der Waals surface area contributed by atoms with Crippen LogP contribution in [0.5, 0.6) is 0 Å². The van der Waals surface area contributed by atoms with Gasteiger partial charge in [-0.05, 0) is 6.42 Å². The summed E-state index contributed by atoms with van der Waals surface area (Å²) in [6, 6.07) is 0.0752. The van der Waals surface area contributed by atoms with Crippen molar-refractivity contribution >= 4 is 29.4 Å². The third kappa shape index (κ3) is 2.82. The second-order valence-corrected chi connectivity index (χ2v) is 6.51. The molecular weight excluding hydrogens is 228 g/mol. The highest BCUT2D eigenvalue weighted by Gasteiger charge is 2.31. The summed E-state index contributed by atoms with van der Waals surface area (Å²) in [5, 5.41) is 3.90. The van der Waals surface area contributed by atoms with Crippen LogP contribution in [-0.2, 0) is 4.79 Å². The molecule has 0 bridgehead atoms. The molecule has 2 heterocycles. The van der Waals surface area contributed by atoms with Crippen molar-refractivity contribution in [1.82, 2.24) is 10.2 Å². The number of nitrogens with zero attached hydrogens (tertiary/aromatic N) is 1. The van der Waals surface area contributed by atoms with Gasteiger partial charge >= 0.3 is 0 Å². The first-order valence-corrected chi connectivity index (χ1v) is 7.73. The number of hydrogen-bond acceptors (Lipinski definition) is 4. The maximum absolute atomic E-state index is 11.9. The van der Waals surface area contributed by atoms with Gasteiger partial charge in [0, 0.05) is 29.1 Å². The monoisotopic (exact) mass is 246 g/mol. The molecule has 15 heavy (non-hydrogen) atoms. The zero-order chi connectivity index (χ0) is 10.7. The SMILES string of the molecule is CCC1NCN(CC2CSCCS2)C1=O. The van der Waals surface area contributed by atoms with E-state index in [0.29, 0.717) is 11.2 Å². The first kappa shape index (κ1) is 11.6. The van der Waals surface area contributed by atoms with Crippen molar-refractivity contribution in [2.45, 2.75) is 24.6 Å². The van der Waals surface area contributed by atoms with Crippen LogP contribution >= 0.6 is 23.5 Å². The Morgan fingerprint density at radius 3 is 3.00 bits per heavy atom. The van der Waals surface area contributed by atoms with Crippen molar-refractivity contribution < 1.29 is 4.79 Å². The summed E-state index contributed by atoms with van der Waals surface area (Å²) in [6.07, 6.45) is 0.905. The summed E-state index contributed by atoms with van der Waals surface area (Å²) < 4.78 is 0. The van der Waals surface area contributed by atoms with Crippen molar-refractivity contribution in [3.63, 3.8) is 0 Å². The topological polar surface area (TPSA) is 32.3 Å². The minimum atomic E-state index is 0.0752. The molecule has 0 aromatic rings. The molecule has 2 aliphatic rings. The molecule has 0 saturated carbocycles. The lowest BCUT2D eigenvalue weighted by Crippen LogP contribution is -2.36. The lowest BCUT2D eigenvalue weighted by molar-refractivity contribution is -0.128. The first-order chi connectivity index (χ1) is 7.31. The van der Waals surface area contributed by atoms with Gasteiger partial charge in [-0.15, -0.1) is 0 Å². The highest BCUT2D eigenvalue weighted by molar-refractivity contribution is 8.06. The maximum atomic E-state index is 11.9. The number of amides is 1. The van der Waals surface area contributed by atoms with E-state index < -0.39 is 0 Å². The number of hydrogen-bond donors (Lipinski definition) is 1. The van der Waals surface area contributed by atoms with Crippen molar-refractivity contribution in [2.75, 3.05) is 30.5 Å². The molecule has 2 saturated heterocycles. The Morgan fingerprint density at radius 1 is 1.53 bits per heavy atom. The molecule has 86 valence electrons. The lowest BCUT2D eigenvalue weighted by atomic mass is 10.2. The predicted molar refractivity (Wildman–Crippen MR) is 67.4 cm³/mol. The highest BCUT2D eigenvalue weighted by Crippen LogP contribution is 2.25. The molecular formula is C10H18N2OS2. The number of carbonyl (C=O) groups excluding carboxylic acids is 1. The number of rotatable bonds is 3. The average molecular weight is 246 g/mol. The first-order valence-electron chi connectivity index (χ1n) is 5.52. The van der Waals surface area contributed by atoms with Crippen molar-refractivity contribution in [3.05, 3.63) is 0 Å². The molecule has 0 aliphatic carbocycles. The molecule has 2 atom stereocenters. The third-order valence-corrected chi connectivity index (χ3v) is 5.68. The van der Waals surface area contributed by atoms with Crippen LogP contribution in [-0.4, -0.2) is 52.6 Å². The normalized spacial score (nSPS) is 32.3. The van der Waals surface area contributed by atoms with E-state index in [0.717, 1.165) is 19.6 Å². The second-order valence-electron chi connectivity index (χ2n) is 3.95. The van der Waals surface area contributed by atoms with Crippen LogP contribution in [0, 0.1) is 0 Å². The van der Waals surface area contributed by atoms with Gasteiger partial charge in [-0.1, -0.05) is 6.92 Å². The van der Waals surface area contributed by atoms with E-state index in [1.54, 1.807) is 0 Å². The fourth-order valence-corrected chi connectivity index (χ4v) is 4.65. The molecule has 2 unspecified atom stereocenters.